The van der Waals surface area contributed by atoms with Crippen molar-refractivity contribution >= 4 is 23.1 Å². The van der Waals surface area contributed by atoms with Crippen molar-refractivity contribution in [2.75, 3.05) is 32.7 Å². The van der Waals surface area contributed by atoms with Gasteiger partial charge in [-0.25, -0.2) is 0 Å². The van der Waals surface area contributed by atoms with E-state index in [4.69, 9.17) is 14.2 Å². The topological polar surface area (TPSA) is 77.1 Å². The van der Waals surface area contributed by atoms with Gasteiger partial charge < -0.3 is 19.5 Å². The maximum absolute atomic E-state index is 12.9. The first kappa shape index (κ1) is 20.3. The third-order valence-electron chi connectivity index (χ3n) is 4.59. The fraction of sp³-hybridized carbons (Fsp3) is 0.273. The summed E-state index contributed by atoms with van der Waals surface area (Å²) >= 11 is 0. The van der Waals surface area contributed by atoms with Crippen molar-refractivity contribution in [3.63, 3.8) is 0 Å². The van der Waals surface area contributed by atoms with Crippen LogP contribution in [0.2, 0.25) is 0 Å². The highest BCUT2D eigenvalue weighted by atomic mass is 16.5. The molecule has 2 aromatic carbocycles. The standard InChI is InChI=1S/C22H24N2O5/c1-5-24-21(25)19(14-7-10-16(11-8-14)29-6-2)20(22(24)26)23-15-9-12-17(27-3)18(13-15)28-4/h7-13,23H,5-6H2,1-4H3. The van der Waals surface area contributed by atoms with Crippen LogP contribution in [0.25, 0.3) is 5.57 Å². The van der Waals surface area contributed by atoms with Gasteiger partial charge >= 0.3 is 0 Å². The van der Waals surface area contributed by atoms with E-state index in [9.17, 15) is 9.59 Å². The van der Waals surface area contributed by atoms with E-state index < -0.39 is 0 Å². The lowest BCUT2D eigenvalue weighted by Crippen LogP contribution is -2.32. The zero-order valence-corrected chi connectivity index (χ0v) is 16.9. The highest BCUT2D eigenvalue weighted by Gasteiger charge is 2.38. The molecule has 2 amide bonds. The van der Waals surface area contributed by atoms with Crippen molar-refractivity contribution in [1.29, 1.82) is 0 Å². The molecule has 0 atom stereocenters. The predicted octanol–water partition coefficient (Wildman–Crippen LogP) is 3.31. The molecule has 152 valence electrons. The number of methoxy groups -OCH3 is 2. The molecule has 0 unspecified atom stereocenters. The fourth-order valence-electron chi connectivity index (χ4n) is 3.19. The third kappa shape index (κ3) is 3.89. The Labute approximate surface area is 169 Å². The first-order valence-electron chi connectivity index (χ1n) is 9.36. The van der Waals surface area contributed by atoms with Crippen LogP contribution in [0, 0.1) is 0 Å². The van der Waals surface area contributed by atoms with Crippen molar-refractivity contribution in [2.24, 2.45) is 0 Å². The van der Waals surface area contributed by atoms with Crippen molar-refractivity contribution in [3.8, 4) is 17.2 Å². The van der Waals surface area contributed by atoms with Crippen molar-refractivity contribution < 1.29 is 23.8 Å². The highest BCUT2D eigenvalue weighted by molar-refractivity contribution is 6.36. The molecule has 3 rings (SSSR count). The van der Waals surface area contributed by atoms with E-state index in [2.05, 4.69) is 5.32 Å². The molecule has 0 aromatic heterocycles. The number of benzene rings is 2. The summed E-state index contributed by atoms with van der Waals surface area (Å²) < 4.78 is 16.0. The average Bonchev–Trinajstić information content (AvgIpc) is 2.97. The molecule has 7 nitrogen and oxygen atoms in total. The van der Waals surface area contributed by atoms with Crippen LogP contribution < -0.4 is 19.5 Å². The zero-order chi connectivity index (χ0) is 21.0. The number of carbonyl (C=O) groups excluding carboxylic acids is 2. The summed E-state index contributed by atoms with van der Waals surface area (Å²) in [6, 6.07) is 12.3. The van der Waals surface area contributed by atoms with Crippen LogP contribution in [-0.4, -0.2) is 44.1 Å². The van der Waals surface area contributed by atoms with Crippen LogP contribution in [0.3, 0.4) is 0 Å². The molecular formula is C22H24N2O5. The van der Waals surface area contributed by atoms with Crippen molar-refractivity contribution in [3.05, 3.63) is 53.7 Å². The number of nitrogens with one attached hydrogen (secondary N) is 1. The van der Waals surface area contributed by atoms with Gasteiger partial charge in [-0.15, -0.1) is 0 Å². The molecule has 0 fully saturated rings. The minimum atomic E-state index is -0.365. The van der Waals surface area contributed by atoms with Gasteiger partial charge in [0, 0.05) is 18.3 Å². The number of likely N-dealkylation sites (N-methyl/N-ethyl adjacent to an activating group) is 1. The Balaban J connectivity index is 2.03. The van der Waals surface area contributed by atoms with Gasteiger partial charge in [-0.05, 0) is 43.7 Å². The zero-order valence-electron chi connectivity index (χ0n) is 16.9. The summed E-state index contributed by atoms with van der Waals surface area (Å²) in [6.07, 6.45) is 0. The molecule has 0 saturated heterocycles. The van der Waals surface area contributed by atoms with Crippen LogP contribution in [0.4, 0.5) is 5.69 Å². The monoisotopic (exact) mass is 396 g/mol. The number of nitrogens with zero attached hydrogens (tertiary/aromatic N) is 1. The van der Waals surface area contributed by atoms with Crippen LogP contribution in [-0.2, 0) is 9.59 Å². The number of rotatable bonds is 8. The van der Waals surface area contributed by atoms with Gasteiger partial charge in [0.15, 0.2) is 11.5 Å². The van der Waals surface area contributed by atoms with Crippen LogP contribution in [0.5, 0.6) is 17.2 Å². The van der Waals surface area contributed by atoms with Gasteiger partial charge in [-0.3, -0.25) is 14.5 Å². The highest BCUT2D eigenvalue weighted by Crippen LogP contribution is 2.34. The quantitative estimate of drug-likeness (QED) is 0.690. The van der Waals surface area contributed by atoms with Crippen molar-refractivity contribution in [2.45, 2.75) is 13.8 Å². The molecule has 0 saturated carbocycles. The normalized spacial score (nSPS) is 13.7. The lowest BCUT2D eigenvalue weighted by molar-refractivity contribution is -0.136. The SMILES string of the molecule is CCOc1ccc(C2=C(Nc3ccc(OC)c(OC)c3)C(=O)N(CC)C2=O)cc1. The Morgan fingerprint density at radius 2 is 1.59 bits per heavy atom. The Bertz CT molecular complexity index is 950. The van der Waals surface area contributed by atoms with Gasteiger partial charge in [0.2, 0.25) is 0 Å². The molecule has 1 N–H and O–H groups in total. The summed E-state index contributed by atoms with van der Waals surface area (Å²) in [7, 11) is 3.09. The molecule has 29 heavy (non-hydrogen) atoms. The second kappa shape index (κ2) is 8.68. The van der Waals surface area contributed by atoms with E-state index in [1.54, 1.807) is 56.5 Å². The first-order valence-corrected chi connectivity index (χ1v) is 9.36. The second-order valence-electron chi connectivity index (χ2n) is 6.26. The third-order valence-corrected chi connectivity index (χ3v) is 4.59. The molecule has 0 spiro atoms. The number of anilines is 1. The van der Waals surface area contributed by atoms with Crippen LogP contribution in [0.15, 0.2) is 48.2 Å². The lowest BCUT2D eigenvalue weighted by Gasteiger charge is -2.13. The summed E-state index contributed by atoms with van der Waals surface area (Å²) in [5, 5.41) is 3.10. The number of amides is 2. The first-order chi connectivity index (χ1) is 14.0. The van der Waals surface area contributed by atoms with Crippen molar-refractivity contribution in [1.82, 2.24) is 4.90 Å². The Morgan fingerprint density at radius 3 is 2.17 bits per heavy atom. The average molecular weight is 396 g/mol. The summed E-state index contributed by atoms with van der Waals surface area (Å²) in [4.78, 5) is 27.0. The number of hydrogen-bond donors (Lipinski definition) is 1. The Kier molecular flexibility index (Phi) is 6.07. The summed E-state index contributed by atoms with van der Waals surface area (Å²) in [5.41, 5.74) is 1.81. The van der Waals surface area contributed by atoms with Gasteiger partial charge in [-0.2, -0.15) is 0 Å². The van der Waals surface area contributed by atoms with E-state index in [0.29, 0.717) is 40.7 Å². The minimum Gasteiger partial charge on any atom is -0.494 e. The fourth-order valence-corrected chi connectivity index (χ4v) is 3.19. The molecule has 1 aliphatic rings. The number of hydrogen-bond acceptors (Lipinski definition) is 6. The largest absolute Gasteiger partial charge is 0.494 e. The summed E-state index contributed by atoms with van der Waals surface area (Å²) in [6.45, 7) is 4.51. The summed E-state index contributed by atoms with van der Waals surface area (Å²) in [5.74, 6) is 1.10. The Hall–Kier alpha value is -3.48. The van der Waals surface area contributed by atoms with Gasteiger partial charge in [-0.1, -0.05) is 12.1 Å². The van der Waals surface area contributed by atoms with E-state index in [1.807, 2.05) is 6.92 Å². The predicted molar refractivity (Wildman–Crippen MR) is 110 cm³/mol. The van der Waals surface area contributed by atoms with E-state index >= 15 is 0 Å². The molecule has 0 radical (unpaired) electrons. The number of carbonyl (C=O) groups is 2. The van der Waals surface area contributed by atoms with E-state index in [0.717, 1.165) is 0 Å². The van der Waals surface area contributed by atoms with Gasteiger partial charge in [0.25, 0.3) is 11.8 Å². The maximum Gasteiger partial charge on any atom is 0.278 e. The number of ether oxygens (including phenoxy) is 3. The maximum atomic E-state index is 12.9. The number of imide groups is 1. The minimum absolute atomic E-state index is 0.230. The lowest BCUT2D eigenvalue weighted by atomic mass is 10.0. The smallest absolute Gasteiger partial charge is 0.278 e. The van der Waals surface area contributed by atoms with Gasteiger partial charge in [0.05, 0.1) is 26.4 Å². The molecule has 0 aliphatic carbocycles. The van der Waals surface area contributed by atoms with E-state index in [1.165, 1.54) is 12.0 Å². The molecule has 1 heterocycles. The van der Waals surface area contributed by atoms with Crippen LogP contribution in [0.1, 0.15) is 19.4 Å². The molecule has 2 aromatic rings. The van der Waals surface area contributed by atoms with Crippen LogP contribution >= 0.6 is 0 Å². The molecule has 7 heteroatoms. The second-order valence-corrected chi connectivity index (χ2v) is 6.26. The Morgan fingerprint density at radius 1 is 0.897 bits per heavy atom. The van der Waals surface area contributed by atoms with Gasteiger partial charge in [0.1, 0.15) is 11.4 Å². The van der Waals surface area contributed by atoms with E-state index in [-0.39, 0.29) is 24.1 Å². The molecule has 1 aliphatic heterocycles. The molecular weight excluding hydrogens is 372 g/mol. The molecule has 0 bridgehead atoms.